The highest BCUT2D eigenvalue weighted by molar-refractivity contribution is 5.60. The third-order valence-corrected chi connectivity index (χ3v) is 4.90. The molecule has 0 aliphatic carbocycles. The van der Waals surface area contributed by atoms with Gasteiger partial charge in [-0.2, -0.15) is 0 Å². The van der Waals surface area contributed by atoms with E-state index in [4.69, 9.17) is 9.47 Å². The molecule has 2 aromatic rings. The van der Waals surface area contributed by atoms with Crippen molar-refractivity contribution in [3.63, 3.8) is 0 Å². The molecule has 1 aliphatic heterocycles. The molecule has 28 heavy (non-hydrogen) atoms. The predicted octanol–water partition coefficient (Wildman–Crippen LogP) is 3.99. The Labute approximate surface area is 167 Å². The molecule has 0 bridgehead atoms. The second-order valence-corrected chi connectivity index (χ2v) is 6.95. The number of ether oxygens (including phenoxy) is 2. The van der Waals surface area contributed by atoms with Crippen LogP contribution in [0.25, 0.3) is 0 Å². The fourth-order valence-electron chi connectivity index (χ4n) is 3.35. The van der Waals surface area contributed by atoms with Gasteiger partial charge in [-0.25, -0.2) is 4.39 Å². The highest BCUT2D eigenvalue weighted by Gasteiger charge is 2.17. The van der Waals surface area contributed by atoms with Gasteiger partial charge in [0.2, 0.25) is 0 Å². The Morgan fingerprint density at radius 1 is 0.964 bits per heavy atom. The van der Waals surface area contributed by atoms with Gasteiger partial charge >= 0.3 is 0 Å². The summed E-state index contributed by atoms with van der Waals surface area (Å²) < 4.78 is 26.0. The average molecular weight is 387 g/mol. The van der Waals surface area contributed by atoms with E-state index in [9.17, 15) is 4.39 Å². The molecule has 3 rings (SSSR count). The van der Waals surface area contributed by atoms with Gasteiger partial charge in [0.1, 0.15) is 17.3 Å². The van der Waals surface area contributed by atoms with Gasteiger partial charge in [-0.15, -0.1) is 0 Å². The number of likely N-dealkylation sites (N-methyl/N-ethyl adjacent to an activating group) is 1. The van der Waals surface area contributed by atoms with E-state index in [2.05, 4.69) is 22.2 Å². The second kappa shape index (κ2) is 9.64. The molecule has 0 spiro atoms. The third-order valence-electron chi connectivity index (χ3n) is 4.90. The van der Waals surface area contributed by atoms with Gasteiger partial charge in [-0.05, 0) is 50.7 Å². The predicted molar refractivity (Wildman–Crippen MR) is 112 cm³/mol. The van der Waals surface area contributed by atoms with Crippen LogP contribution in [0.15, 0.2) is 36.4 Å². The molecular formula is C22H30FN3O2. The van der Waals surface area contributed by atoms with Gasteiger partial charge in [0, 0.05) is 38.8 Å². The van der Waals surface area contributed by atoms with Crippen LogP contribution in [0.3, 0.4) is 0 Å². The lowest BCUT2D eigenvalue weighted by atomic mass is 10.1. The summed E-state index contributed by atoms with van der Waals surface area (Å²) in [6.45, 7) is 9.22. The Hall–Kier alpha value is -2.47. The molecule has 1 fully saturated rings. The van der Waals surface area contributed by atoms with Gasteiger partial charge in [0.05, 0.1) is 24.6 Å². The smallest absolute Gasteiger partial charge is 0.146 e. The van der Waals surface area contributed by atoms with Gasteiger partial charge in [0.15, 0.2) is 0 Å². The number of hydrogen-bond donors (Lipinski definition) is 1. The van der Waals surface area contributed by atoms with Crippen LogP contribution in [-0.4, -0.2) is 51.3 Å². The summed E-state index contributed by atoms with van der Waals surface area (Å²) in [5.41, 5.74) is 2.42. The van der Waals surface area contributed by atoms with Crippen LogP contribution < -0.4 is 19.7 Å². The van der Waals surface area contributed by atoms with E-state index in [0.717, 1.165) is 48.9 Å². The number of nitrogens with zero attached hydrogens (tertiary/aromatic N) is 2. The molecule has 1 N–H and O–H groups in total. The maximum absolute atomic E-state index is 14.7. The normalized spacial score (nSPS) is 14.8. The molecule has 0 radical (unpaired) electrons. The SMILES string of the molecule is CCOc1ccc(OCC)c(NCc2ccc(N3CCN(C)CC3)c(F)c2)c1. The summed E-state index contributed by atoms with van der Waals surface area (Å²) in [6, 6.07) is 11.2. The molecule has 0 aromatic heterocycles. The van der Waals surface area contributed by atoms with Crippen LogP contribution in [0, 0.1) is 5.82 Å². The van der Waals surface area contributed by atoms with Crippen LogP contribution in [0.1, 0.15) is 19.4 Å². The quantitative estimate of drug-likeness (QED) is 0.741. The monoisotopic (exact) mass is 387 g/mol. The maximum atomic E-state index is 14.7. The molecule has 0 atom stereocenters. The lowest BCUT2D eigenvalue weighted by Gasteiger charge is -2.34. The van der Waals surface area contributed by atoms with Crippen molar-refractivity contribution in [2.45, 2.75) is 20.4 Å². The van der Waals surface area contributed by atoms with Crippen LogP contribution in [0.4, 0.5) is 15.8 Å². The van der Waals surface area contributed by atoms with Gasteiger partial charge < -0.3 is 24.6 Å². The van der Waals surface area contributed by atoms with Crippen molar-refractivity contribution in [3.8, 4) is 11.5 Å². The van der Waals surface area contributed by atoms with Crippen molar-refractivity contribution in [1.29, 1.82) is 0 Å². The average Bonchev–Trinajstić information content (AvgIpc) is 2.69. The Morgan fingerprint density at radius 2 is 1.71 bits per heavy atom. The van der Waals surface area contributed by atoms with Crippen molar-refractivity contribution < 1.29 is 13.9 Å². The van der Waals surface area contributed by atoms with Crippen LogP contribution in [0.5, 0.6) is 11.5 Å². The first-order valence-electron chi connectivity index (χ1n) is 9.96. The van der Waals surface area contributed by atoms with E-state index in [1.54, 1.807) is 6.07 Å². The number of halogens is 1. The molecule has 0 amide bonds. The van der Waals surface area contributed by atoms with Crippen molar-refractivity contribution in [1.82, 2.24) is 4.90 Å². The number of anilines is 2. The Kier molecular flexibility index (Phi) is 6.98. The standard InChI is InChI=1S/C22H30FN3O2/c1-4-27-18-7-9-22(28-5-2)20(15-18)24-16-17-6-8-21(19(23)14-17)26-12-10-25(3)11-13-26/h6-9,14-15,24H,4-5,10-13,16H2,1-3H3. The van der Waals surface area contributed by atoms with Gasteiger partial charge in [-0.1, -0.05) is 6.07 Å². The summed E-state index contributed by atoms with van der Waals surface area (Å²) in [5.74, 6) is 1.38. The number of nitrogens with one attached hydrogen (secondary N) is 1. The van der Waals surface area contributed by atoms with E-state index in [1.165, 1.54) is 0 Å². The minimum absolute atomic E-state index is 0.169. The maximum Gasteiger partial charge on any atom is 0.146 e. The molecule has 6 heteroatoms. The van der Waals surface area contributed by atoms with Crippen molar-refractivity contribution in [3.05, 3.63) is 47.8 Å². The molecule has 1 saturated heterocycles. The second-order valence-electron chi connectivity index (χ2n) is 6.95. The van der Waals surface area contributed by atoms with Crippen molar-refractivity contribution >= 4 is 11.4 Å². The molecule has 5 nitrogen and oxygen atoms in total. The van der Waals surface area contributed by atoms with E-state index >= 15 is 0 Å². The van der Waals surface area contributed by atoms with E-state index < -0.39 is 0 Å². The first-order chi connectivity index (χ1) is 13.6. The number of benzene rings is 2. The van der Waals surface area contributed by atoms with Crippen LogP contribution in [0.2, 0.25) is 0 Å². The first-order valence-corrected chi connectivity index (χ1v) is 9.96. The molecular weight excluding hydrogens is 357 g/mol. The number of piperazine rings is 1. The largest absolute Gasteiger partial charge is 0.494 e. The molecule has 1 heterocycles. The highest BCUT2D eigenvalue weighted by Crippen LogP contribution is 2.30. The number of hydrogen-bond acceptors (Lipinski definition) is 5. The molecule has 1 aliphatic rings. The summed E-state index contributed by atoms with van der Waals surface area (Å²) in [6.07, 6.45) is 0. The fraction of sp³-hybridized carbons (Fsp3) is 0.455. The lowest BCUT2D eigenvalue weighted by Crippen LogP contribution is -2.44. The van der Waals surface area contributed by atoms with E-state index in [-0.39, 0.29) is 5.82 Å². The summed E-state index contributed by atoms with van der Waals surface area (Å²) >= 11 is 0. The van der Waals surface area contributed by atoms with Crippen molar-refractivity contribution in [2.24, 2.45) is 0 Å². The van der Waals surface area contributed by atoms with Gasteiger partial charge in [-0.3, -0.25) is 0 Å². The minimum atomic E-state index is -0.169. The Morgan fingerprint density at radius 3 is 2.39 bits per heavy atom. The van der Waals surface area contributed by atoms with Crippen LogP contribution >= 0.6 is 0 Å². The Balaban J connectivity index is 1.69. The lowest BCUT2D eigenvalue weighted by molar-refractivity contribution is 0.311. The fourth-order valence-corrected chi connectivity index (χ4v) is 3.35. The summed E-state index contributed by atoms with van der Waals surface area (Å²) in [7, 11) is 2.10. The van der Waals surface area contributed by atoms with Gasteiger partial charge in [0.25, 0.3) is 0 Å². The van der Waals surface area contributed by atoms with Crippen molar-refractivity contribution in [2.75, 3.05) is 56.7 Å². The topological polar surface area (TPSA) is 37.0 Å². The third kappa shape index (κ3) is 5.07. The van der Waals surface area contributed by atoms with E-state index in [1.807, 2.05) is 44.2 Å². The van der Waals surface area contributed by atoms with Crippen LogP contribution in [-0.2, 0) is 6.54 Å². The zero-order valence-corrected chi connectivity index (χ0v) is 17.0. The Bertz CT molecular complexity index is 776. The molecule has 2 aromatic carbocycles. The highest BCUT2D eigenvalue weighted by atomic mass is 19.1. The summed E-state index contributed by atoms with van der Waals surface area (Å²) in [5, 5.41) is 3.35. The molecule has 152 valence electrons. The zero-order valence-electron chi connectivity index (χ0n) is 17.0. The number of rotatable bonds is 8. The first kappa shape index (κ1) is 20.3. The minimum Gasteiger partial charge on any atom is -0.494 e. The molecule has 0 unspecified atom stereocenters. The molecule has 0 saturated carbocycles. The van der Waals surface area contributed by atoms with E-state index in [0.29, 0.717) is 25.4 Å². The summed E-state index contributed by atoms with van der Waals surface area (Å²) in [4.78, 5) is 4.38. The zero-order chi connectivity index (χ0) is 19.9.